The molecule has 5 nitrogen and oxygen atoms in total. The van der Waals surface area contributed by atoms with Crippen LogP contribution in [0.3, 0.4) is 0 Å². The predicted octanol–water partition coefficient (Wildman–Crippen LogP) is 5.49. The van der Waals surface area contributed by atoms with Crippen LogP contribution in [0, 0.1) is 0 Å². The molecule has 0 spiro atoms. The molecule has 0 fully saturated rings. The molecule has 0 saturated heterocycles. The third-order valence-corrected chi connectivity index (χ3v) is 6.32. The quantitative estimate of drug-likeness (QED) is 0.310. The summed E-state index contributed by atoms with van der Waals surface area (Å²) in [7, 11) is 0. The molecule has 5 aromatic rings. The molecule has 0 aliphatic heterocycles. The van der Waals surface area contributed by atoms with Crippen LogP contribution in [0.25, 0.3) is 16.3 Å². The van der Waals surface area contributed by atoms with E-state index in [1.165, 1.54) is 0 Å². The molecule has 2 heterocycles. The summed E-state index contributed by atoms with van der Waals surface area (Å²) in [5.74, 6) is 0.0677. The van der Waals surface area contributed by atoms with Gasteiger partial charge in [-0.05, 0) is 46.0 Å². The monoisotopic (exact) mass is 462 g/mol. The van der Waals surface area contributed by atoms with Crippen molar-refractivity contribution in [1.29, 1.82) is 0 Å². The third kappa shape index (κ3) is 4.17. The van der Waals surface area contributed by atoms with Crippen LogP contribution in [0.5, 0.6) is 5.75 Å². The molecule has 0 saturated carbocycles. The Hall–Kier alpha value is -4.38. The van der Waals surface area contributed by atoms with Gasteiger partial charge in [0.2, 0.25) is 11.7 Å². The molecule has 0 unspecified atom stereocenters. The van der Waals surface area contributed by atoms with Gasteiger partial charge in [0.25, 0.3) is 0 Å². The number of benzene rings is 3. The van der Waals surface area contributed by atoms with Crippen molar-refractivity contribution in [2.45, 2.75) is 26.4 Å². The summed E-state index contributed by atoms with van der Waals surface area (Å²) in [6.07, 6.45) is 2.46. The number of nitrogens with two attached hydrogens (primary N) is 1. The van der Waals surface area contributed by atoms with Crippen molar-refractivity contribution in [2.75, 3.05) is 0 Å². The highest BCUT2D eigenvalue weighted by molar-refractivity contribution is 6.17. The van der Waals surface area contributed by atoms with E-state index in [-0.39, 0.29) is 12.2 Å². The molecule has 2 N–H and O–H groups in total. The Kier molecular flexibility index (Phi) is 6.06. The smallest absolute Gasteiger partial charge is 0.221 e. The molecule has 35 heavy (non-hydrogen) atoms. The standard InChI is InChI=1S/C30H26N2O3/c1-2-22-25(18-27(31)33)28-26(35-19-20-10-4-3-5-11-20)16-9-17-32(28)29(22)30(34)24-15-8-13-21-12-6-7-14-23(21)24/h3-17H,2,18-19H2,1H3,(H2,31,33). The fraction of sp³-hybridized carbons (Fsp3) is 0.133. The first kappa shape index (κ1) is 22.4. The van der Waals surface area contributed by atoms with E-state index < -0.39 is 5.91 Å². The van der Waals surface area contributed by atoms with Crippen molar-refractivity contribution < 1.29 is 14.3 Å². The maximum absolute atomic E-state index is 14.1. The van der Waals surface area contributed by atoms with Crippen LogP contribution in [0.15, 0.2) is 91.1 Å². The highest BCUT2D eigenvalue weighted by Crippen LogP contribution is 2.34. The van der Waals surface area contributed by atoms with Gasteiger partial charge in [-0.3, -0.25) is 9.59 Å². The number of ketones is 1. The number of ether oxygens (including phenoxy) is 1. The Labute approximate surface area is 203 Å². The van der Waals surface area contributed by atoms with E-state index in [9.17, 15) is 9.59 Å². The summed E-state index contributed by atoms with van der Waals surface area (Å²) in [6.45, 7) is 2.36. The van der Waals surface area contributed by atoms with Gasteiger partial charge in [-0.25, -0.2) is 0 Å². The zero-order valence-corrected chi connectivity index (χ0v) is 19.5. The third-order valence-electron chi connectivity index (χ3n) is 6.32. The molecule has 5 rings (SSSR count). The van der Waals surface area contributed by atoms with Gasteiger partial charge >= 0.3 is 0 Å². The molecule has 0 atom stereocenters. The largest absolute Gasteiger partial charge is 0.487 e. The van der Waals surface area contributed by atoms with E-state index >= 15 is 0 Å². The van der Waals surface area contributed by atoms with Crippen molar-refractivity contribution in [3.8, 4) is 5.75 Å². The maximum Gasteiger partial charge on any atom is 0.221 e. The van der Waals surface area contributed by atoms with Crippen molar-refractivity contribution >= 4 is 28.0 Å². The van der Waals surface area contributed by atoms with Gasteiger partial charge in [-0.15, -0.1) is 0 Å². The second kappa shape index (κ2) is 9.47. The normalized spacial score (nSPS) is 11.1. The minimum atomic E-state index is -0.450. The van der Waals surface area contributed by atoms with Gasteiger partial charge in [0, 0.05) is 11.8 Å². The van der Waals surface area contributed by atoms with Crippen LogP contribution in [0.1, 0.15) is 39.7 Å². The average molecular weight is 463 g/mol. The first-order valence-corrected chi connectivity index (χ1v) is 11.7. The lowest BCUT2D eigenvalue weighted by molar-refractivity contribution is -0.117. The number of hydrogen-bond acceptors (Lipinski definition) is 3. The predicted molar refractivity (Wildman–Crippen MR) is 138 cm³/mol. The number of rotatable bonds is 8. The number of pyridine rings is 1. The van der Waals surface area contributed by atoms with Crippen LogP contribution >= 0.6 is 0 Å². The number of fused-ring (bicyclic) bond motifs is 2. The minimum absolute atomic E-state index is 0.0290. The molecule has 1 amide bonds. The van der Waals surface area contributed by atoms with Gasteiger partial charge in [-0.2, -0.15) is 0 Å². The van der Waals surface area contributed by atoms with E-state index in [0.717, 1.165) is 27.5 Å². The number of hydrogen-bond donors (Lipinski definition) is 1. The molecular weight excluding hydrogens is 436 g/mol. The molecular formula is C30H26N2O3. The zero-order valence-electron chi connectivity index (χ0n) is 19.5. The second-order valence-electron chi connectivity index (χ2n) is 8.52. The lowest BCUT2D eigenvalue weighted by Gasteiger charge is -2.11. The zero-order chi connectivity index (χ0) is 24.4. The lowest BCUT2D eigenvalue weighted by atomic mass is 9.96. The van der Waals surface area contributed by atoms with E-state index in [4.69, 9.17) is 10.5 Å². The summed E-state index contributed by atoms with van der Waals surface area (Å²) < 4.78 is 8.07. The molecule has 174 valence electrons. The molecule has 0 aliphatic rings. The summed E-state index contributed by atoms with van der Waals surface area (Å²) in [5.41, 5.74) is 10.1. The number of nitrogens with zero attached hydrogens (tertiary/aromatic N) is 1. The topological polar surface area (TPSA) is 73.8 Å². The Morgan fingerprint density at radius 2 is 1.60 bits per heavy atom. The Morgan fingerprint density at radius 1 is 0.857 bits per heavy atom. The molecule has 0 radical (unpaired) electrons. The van der Waals surface area contributed by atoms with Gasteiger partial charge in [0.05, 0.1) is 17.6 Å². The molecule has 0 bridgehead atoms. The maximum atomic E-state index is 14.1. The number of carbonyl (C=O) groups excluding carboxylic acids is 2. The van der Waals surface area contributed by atoms with Crippen LogP contribution in [0.4, 0.5) is 0 Å². The van der Waals surface area contributed by atoms with Crippen molar-refractivity contribution in [3.63, 3.8) is 0 Å². The van der Waals surface area contributed by atoms with Crippen LogP contribution in [-0.4, -0.2) is 16.1 Å². The fourth-order valence-corrected chi connectivity index (χ4v) is 4.80. The van der Waals surface area contributed by atoms with E-state index in [0.29, 0.717) is 35.6 Å². The van der Waals surface area contributed by atoms with Gasteiger partial charge in [0.15, 0.2) is 0 Å². The molecule has 0 aliphatic carbocycles. The van der Waals surface area contributed by atoms with Crippen LogP contribution in [-0.2, 0) is 24.2 Å². The summed E-state index contributed by atoms with van der Waals surface area (Å²) in [5, 5.41) is 1.89. The van der Waals surface area contributed by atoms with Gasteiger partial charge in [-0.1, -0.05) is 79.7 Å². The molecule has 5 heteroatoms. The van der Waals surface area contributed by atoms with Gasteiger partial charge < -0.3 is 14.9 Å². The second-order valence-corrected chi connectivity index (χ2v) is 8.52. The molecule has 2 aromatic heterocycles. The van der Waals surface area contributed by atoms with Crippen LogP contribution in [0.2, 0.25) is 0 Å². The minimum Gasteiger partial charge on any atom is -0.487 e. The highest BCUT2D eigenvalue weighted by atomic mass is 16.5. The van der Waals surface area contributed by atoms with Crippen LogP contribution < -0.4 is 10.5 Å². The number of amides is 1. The van der Waals surface area contributed by atoms with Crippen molar-refractivity contribution in [3.05, 3.63) is 119 Å². The Bertz CT molecular complexity index is 1550. The lowest BCUT2D eigenvalue weighted by Crippen LogP contribution is -2.15. The first-order valence-electron chi connectivity index (χ1n) is 11.7. The molecule has 3 aromatic carbocycles. The van der Waals surface area contributed by atoms with E-state index in [1.54, 1.807) is 0 Å². The summed E-state index contributed by atoms with van der Waals surface area (Å²) in [4.78, 5) is 26.1. The Morgan fingerprint density at radius 3 is 2.37 bits per heavy atom. The van der Waals surface area contributed by atoms with E-state index in [1.807, 2.05) is 102 Å². The number of aromatic nitrogens is 1. The van der Waals surface area contributed by atoms with Crippen molar-refractivity contribution in [2.24, 2.45) is 5.73 Å². The summed E-state index contributed by atoms with van der Waals surface area (Å²) >= 11 is 0. The van der Waals surface area contributed by atoms with Crippen molar-refractivity contribution in [1.82, 2.24) is 4.40 Å². The number of primary amides is 1. The SMILES string of the molecule is CCc1c(CC(N)=O)c2c(OCc3ccccc3)cccn2c1C(=O)c1cccc2ccccc12. The Balaban J connectivity index is 1.70. The summed E-state index contributed by atoms with van der Waals surface area (Å²) in [6, 6.07) is 27.2. The number of carbonyl (C=O) groups is 2. The first-order chi connectivity index (χ1) is 17.1. The highest BCUT2D eigenvalue weighted by Gasteiger charge is 2.26. The fourth-order valence-electron chi connectivity index (χ4n) is 4.80. The van der Waals surface area contributed by atoms with E-state index in [2.05, 4.69) is 0 Å². The van der Waals surface area contributed by atoms with Gasteiger partial charge in [0.1, 0.15) is 12.4 Å². The average Bonchev–Trinajstić information content (AvgIpc) is 3.20.